The van der Waals surface area contributed by atoms with E-state index >= 15 is 0 Å². The van der Waals surface area contributed by atoms with Gasteiger partial charge in [-0.15, -0.1) is 0 Å². The first kappa shape index (κ1) is 15.3. The lowest BCUT2D eigenvalue weighted by Crippen LogP contribution is -2.40. The van der Waals surface area contributed by atoms with E-state index < -0.39 is 6.10 Å². The third-order valence-electron chi connectivity index (χ3n) is 3.37. The maximum absolute atomic E-state index is 11.8. The number of ether oxygens (including phenoxy) is 2. The normalized spacial score (nSPS) is 12.1. The molecule has 0 saturated carbocycles. The first-order valence-electron chi connectivity index (χ1n) is 6.75. The summed E-state index contributed by atoms with van der Waals surface area (Å²) in [6.07, 6.45) is -0.602. The molecular weight excluding hydrogens is 268 g/mol. The lowest BCUT2D eigenvalue weighted by molar-refractivity contribution is -0.130. The average molecular weight is 288 g/mol. The van der Waals surface area contributed by atoms with Crippen LogP contribution < -0.4 is 15.8 Å². The molecule has 0 aromatic heterocycles. The van der Waals surface area contributed by atoms with E-state index in [1.165, 1.54) is 7.11 Å². The van der Waals surface area contributed by atoms with Crippen LogP contribution in [0.2, 0.25) is 0 Å². The van der Waals surface area contributed by atoms with Crippen LogP contribution in [-0.2, 0) is 16.1 Å². The molecule has 112 valence electrons. The molecule has 0 aliphatic rings. The Hall–Kier alpha value is -2.11. The topological polar surface area (TPSA) is 73.6 Å². The van der Waals surface area contributed by atoms with Gasteiger partial charge in [0, 0.05) is 20.2 Å². The first-order chi connectivity index (χ1) is 10.2. The number of methoxy groups -OCH3 is 2. The highest BCUT2D eigenvalue weighted by molar-refractivity contribution is 5.85. The molecule has 2 aromatic carbocycles. The molecule has 0 spiro atoms. The number of benzene rings is 2. The number of rotatable bonds is 6. The molecule has 5 heteroatoms. The molecule has 1 amide bonds. The highest BCUT2D eigenvalue weighted by Crippen LogP contribution is 2.21. The van der Waals surface area contributed by atoms with E-state index in [0.29, 0.717) is 6.54 Å². The number of carbonyl (C=O) groups is 1. The zero-order valence-electron chi connectivity index (χ0n) is 12.3. The third-order valence-corrected chi connectivity index (χ3v) is 3.37. The third kappa shape index (κ3) is 3.71. The molecule has 0 saturated heterocycles. The lowest BCUT2D eigenvalue weighted by atomic mass is 10.1. The van der Waals surface area contributed by atoms with Gasteiger partial charge in [-0.3, -0.25) is 4.79 Å². The molecule has 1 atom stereocenters. The van der Waals surface area contributed by atoms with Gasteiger partial charge in [0.15, 0.2) is 0 Å². The van der Waals surface area contributed by atoms with E-state index in [1.54, 1.807) is 7.11 Å². The Labute approximate surface area is 124 Å². The fourth-order valence-corrected chi connectivity index (χ4v) is 2.12. The second-order valence-corrected chi connectivity index (χ2v) is 4.73. The molecule has 0 aliphatic heterocycles. The predicted octanol–water partition coefficient (Wildman–Crippen LogP) is 1.44. The average Bonchev–Trinajstić information content (AvgIpc) is 2.53. The Kier molecular flexibility index (Phi) is 5.14. The van der Waals surface area contributed by atoms with E-state index in [0.717, 1.165) is 22.1 Å². The maximum Gasteiger partial charge on any atom is 0.250 e. The van der Waals surface area contributed by atoms with Gasteiger partial charge in [-0.05, 0) is 34.5 Å². The standard InChI is InChI=1S/C16H20N2O3/c1-20-14-6-5-12-7-11(3-4-13(12)8-14)10-18-16(19)15(9-17)21-2/h3-8,15H,9-10,17H2,1-2H3,(H,18,19). The summed E-state index contributed by atoms with van der Waals surface area (Å²) in [5, 5.41) is 5.02. The maximum atomic E-state index is 11.8. The van der Waals surface area contributed by atoms with Crippen LogP contribution in [0.3, 0.4) is 0 Å². The molecule has 0 aliphatic carbocycles. The zero-order valence-corrected chi connectivity index (χ0v) is 12.3. The van der Waals surface area contributed by atoms with Crippen LogP contribution in [0.15, 0.2) is 36.4 Å². The summed E-state index contributed by atoms with van der Waals surface area (Å²) >= 11 is 0. The molecule has 2 rings (SSSR count). The van der Waals surface area contributed by atoms with Gasteiger partial charge in [0.25, 0.3) is 5.91 Å². The Balaban J connectivity index is 2.08. The van der Waals surface area contributed by atoms with Gasteiger partial charge in [-0.1, -0.05) is 18.2 Å². The van der Waals surface area contributed by atoms with Crippen molar-refractivity contribution in [3.63, 3.8) is 0 Å². The largest absolute Gasteiger partial charge is 0.497 e. The van der Waals surface area contributed by atoms with Crippen molar-refractivity contribution in [2.75, 3.05) is 20.8 Å². The van der Waals surface area contributed by atoms with Crippen LogP contribution in [0.25, 0.3) is 10.8 Å². The SMILES string of the molecule is COc1ccc2cc(CNC(=O)C(CN)OC)ccc2c1. The van der Waals surface area contributed by atoms with Crippen LogP contribution in [0.1, 0.15) is 5.56 Å². The Morgan fingerprint density at radius 3 is 2.57 bits per heavy atom. The van der Waals surface area contributed by atoms with E-state index in [2.05, 4.69) is 5.32 Å². The summed E-state index contributed by atoms with van der Waals surface area (Å²) in [5.41, 5.74) is 6.48. The van der Waals surface area contributed by atoms with Crippen molar-refractivity contribution in [2.45, 2.75) is 12.6 Å². The fourth-order valence-electron chi connectivity index (χ4n) is 2.12. The highest BCUT2D eigenvalue weighted by atomic mass is 16.5. The molecule has 2 aromatic rings. The smallest absolute Gasteiger partial charge is 0.250 e. The van der Waals surface area contributed by atoms with E-state index in [1.807, 2.05) is 36.4 Å². The number of hydrogen-bond acceptors (Lipinski definition) is 4. The van der Waals surface area contributed by atoms with Crippen LogP contribution in [0.5, 0.6) is 5.75 Å². The predicted molar refractivity (Wildman–Crippen MR) is 82.2 cm³/mol. The molecule has 3 N–H and O–H groups in total. The number of carbonyl (C=O) groups excluding carboxylic acids is 1. The second-order valence-electron chi connectivity index (χ2n) is 4.73. The molecule has 0 heterocycles. The van der Waals surface area contributed by atoms with E-state index in [9.17, 15) is 4.79 Å². The van der Waals surface area contributed by atoms with Crippen molar-refractivity contribution in [1.29, 1.82) is 0 Å². The van der Waals surface area contributed by atoms with Crippen LogP contribution >= 0.6 is 0 Å². The Morgan fingerprint density at radius 2 is 1.90 bits per heavy atom. The van der Waals surface area contributed by atoms with Gasteiger partial charge in [-0.25, -0.2) is 0 Å². The molecular formula is C16H20N2O3. The molecule has 21 heavy (non-hydrogen) atoms. The van der Waals surface area contributed by atoms with Gasteiger partial charge in [0.1, 0.15) is 11.9 Å². The van der Waals surface area contributed by atoms with Crippen molar-refractivity contribution in [2.24, 2.45) is 5.73 Å². The summed E-state index contributed by atoms with van der Waals surface area (Å²) in [4.78, 5) is 11.8. The number of nitrogens with one attached hydrogen (secondary N) is 1. The minimum atomic E-state index is -0.602. The second kappa shape index (κ2) is 7.06. The van der Waals surface area contributed by atoms with Gasteiger partial charge in [-0.2, -0.15) is 0 Å². The molecule has 1 unspecified atom stereocenters. The highest BCUT2D eigenvalue weighted by Gasteiger charge is 2.14. The summed E-state index contributed by atoms with van der Waals surface area (Å²) in [7, 11) is 3.12. The van der Waals surface area contributed by atoms with Crippen molar-refractivity contribution in [3.8, 4) is 5.75 Å². The molecule has 5 nitrogen and oxygen atoms in total. The first-order valence-corrected chi connectivity index (χ1v) is 6.75. The molecule has 0 fully saturated rings. The van der Waals surface area contributed by atoms with Gasteiger partial charge in [0.2, 0.25) is 0 Å². The number of fused-ring (bicyclic) bond motifs is 1. The Bertz CT molecular complexity index is 624. The van der Waals surface area contributed by atoms with Gasteiger partial charge in [0.05, 0.1) is 7.11 Å². The summed E-state index contributed by atoms with van der Waals surface area (Å²) in [5.74, 6) is 0.629. The van der Waals surface area contributed by atoms with Gasteiger partial charge < -0.3 is 20.5 Å². The lowest BCUT2D eigenvalue weighted by Gasteiger charge is -2.13. The van der Waals surface area contributed by atoms with Crippen molar-refractivity contribution < 1.29 is 14.3 Å². The van der Waals surface area contributed by atoms with E-state index in [-0.39, 0.29) is 12.5 Å². The Morgan fingerprint density at radius 1 is 1.19 bits per heavy atom. The van der Waals surface area contributed by atoms with Crippen LogP contribution in [0.4, 0.5) is 0 Å². The quantitative estimate of drug-likeness (QED) is 0.843. The molecule has 0 bridgehead atoms. The minimum absolute atomic E-state index is 0.167. The summed E-state index contributed by atoms with van der Waals surface area (Å²) in [6.45, 7) is 0.612. The summed E-state index contributed by atoms with van der Waals surface area (Å²) < 4.78 is 10.2. The summed E-state index contributed by atoms with van der Waals surface area (Å²) in [6, 6.07) is 11.9. The fraction of sp³-hybridized carbons (Fsp3) is 0.312. The zero-order chi connectivity index (χ0) is 15.2. The minimum Gasteiger partial charge on any atom is -0.497 e. The van der Waals surface area contributed by atoms with Gasteiger partial charge >= 0.3 is 0 Å². The van der Waals surface area contributed by atoms with Crippen molar-refractivity contribution in [3.05, 3.63) is 42.0 Å². The van der Waals surface area contributed by atoms with Crippen molar-refractivity contribution in [1.82, 2.24) is 5.32 Å². The van der Waals surface area contributed by atoms with Crippen molar-refractivity contribution >= 4 is 16.7 Å². The van der Waals surface area contributed by atoms with E-state index in [4.69, 9.17) is 15.2 Å². The molecule has 0 radical (unpaired) electrons. The number of amides is 1. The monoisotopic (exact) mass is 288 g/mol. The van der Waals surface area contributed by atoms with Crippen LogP contribution in [0, 0.1) is 0 Å². The number of hydrogen-bond donors (Lipinski definition) is 2. The van der Waals surface area contributed by atoms with Crippen LogP contribution in [-0.4, -0.2) is 32.8 Å². The number of nitrogens with two attached hydrogens (primary N) is 1.